The zero-order valence-corrected chi connectivity index (χ0v) is 30.6. The second kappa shape index (κ2) is 13.2. The quantitative estimate of drug-likeness (QED) is 0.160. The van der Waals surface area contributed by atoms with Crippen LogP contribution in [0.5, 0.6) is 0 Å². The fourth-order valence-corrected chi connectivity index (χ4v) is 8.59. The third-order valence-electron chi connectivity index (χ3n) is 11.3. The Morgan fingerprint density at radius 1 is 0.286 bits per heavy atom. The van der Waals surface area contributed by atoms with Crippen molar-refractivity contribution in [3.63, 3.8) is 0 Å². The number of hydrogen-bond acceptors (Lipinski definition) is 2. The molecule has 0 aliphatic heterocycles. The van der Waals surface area contributed by atoms with Crippen LogP contribution in [0.25, 0.3) is 87.6 Å². The van der Waals surface area contributed by atoms with Crippen LogP contribution in [-0.4, -0.2) is 0 Å². The molecule has 0 spiro atoms. The van der Waals surface area contributed by atoms with E-state index in [0.717, 1.165) is 61.3 Å². The molecular weight excluding hydrogens is 679 g/mol. The van der Waals surface area contributed by atoms with E-state index in [1.807, 2.05) is 0 Å². The summed E-state index contributed by atoms with van der Waals surface area (Å²) >= 11 is 0. The molecule has 0 aliphatic rings. The van der Waals surface area contributed by atoms with Gasteiger partial charge in [-0.2, -0.15) is 0 Å². The molecule has 1 heterocycles. The van der Waals surface area contributed by atoms with Crippen LogP contribution in [0.3, 0.4) is 0 Å². The van der Waals surface area contributed by atoms with Gasteiger partial charge in [0.25, 0.3) is 0 Å². The molecule has 262 valence electrons. The Morgan fingerprint density at radius 3 is 1.66 bits per heavy atom. The van der Waals surface area contributed by atoms with E-state index in [9.17, 15) is 0 Å². The largest absolute Gasteiger partial charge is 0.455 e. The standard InChI is InChI=1S/C54H35NO/c1-2-14-36(15-3-1)37-28-30-39(31-29-37)43-20-8-10-25-50(43)55(52-27-13-22-44-42-19-7-6-16-38(42)32-33-46(44)52)51-26-11-9-21-45(51)47-23-12-24-48-49-34-40-17-4-5-18-41(40)35-53(49)56-54(47)48/h1-35H. The molecule has 0 N–H and O–H groups in total. The van der Waals surface area contributed by atoms with Gasteiger partial charge in [-0.05, 0) is 74.0 Å². The van der Waals surface area contributed by atoms with Crippen LogP contribution >= 0.6 is 0 Å². The Kier molecular flexibility index (Phi) is 7.53. The van der Waals surface area contributed by atoms with Gasteiger partial charge in [0.15, 0.2) is 0 Å². The first kappa shape index (κ1) is 32.0. The summed E-state index contributed by atoms with van der Waals surface area (Å²) in [4.78, 5) is 2.46. The molecule has 0 fully saturated rings. The first-order chi connectivity index (χ1) is 27.8. The lowest BCUT2D eigenvalue weighted by atomic mass is 9.95. The lowest BCUT2D eigenvalue weighted by Crippen LogP contribution is -2.13. The fourth-order valence-electron chi connectivity index (χ4n) is 8.59. The first-order valence-electron chi connectivity index (χ1n) is 19.2. The van der Waals surface area contributed by atoms with Gasteiger partial charge in [0.1, 0.15) is 11.2 Å². The number of nitrogens with zero attached hydrogens (tertiary/aromatic N) is 1. The highest BCUT2D eigenvalue weighted by Crippen LogP contribution is 2.49. The summed E-state index contributed by atoms with van der Waals surface area (Å²) in [7, 11) is 0. The van der Waals surface area contributed by atoms with Gasteiger partial charge < -0.3 is 9.32 Å². The third-order valence-corrected chi connectivity index (χ3v) is 11.3. The highest BCUT2D eigenvalue weighted by molar-refractivity contribution is 6.16. The molecule has 0 amide bonds. The summed E-state index contributed by atoms with van der Waals surface area (Å²) in [6.07, 6.45) is 0. The Bertz CT molecular complexity index is 3250. The number of anilines is 3. The second-order valence-corrected chi connectivity index (χ2v) is 14.5. The molecule has 0 bridgehead atoms. The van der Waals surface area contributed by atoms with E-state index in [4.69, 9.17) is 4.42 Å². The topological polar surface area (TPSA) is 16.4 Å². The normalized spacial score (nSPS) is 11.6. The van der Waals surface area contributed by atoms with Gasteiger partial charge in [-0.3, -0.25) is 0 Å². The Balaban J connectivity index is 1.17. The summed E-state index contributed by atoms with van der Waals surface area (Å²) in [5.41, 5.74) is 11.9. The molecule has 56 heavy (non-hydrogen) atoms. The van der Waals surface area contributed by atoms with Gasteiger partial charge in [-0.15, -0.1) is 0 Å². The van der Waals surface area contributed by atoms with Crippen molar-refractivity contribution >= 4 is 71.3 Å². The Labute approximate surface area is 325 Å². The van der Waals surface area contributed by atoms with Crippen molar-refractivity contribution in [2.45, 2.75) is 0 Å². The van der Waals surface area contributed by atoms with Gasteiger partial charge in [0, 0.05) is 32.8 Å². The van der Waals surface area contributed by atoms with Crippen LogP contribution in [0.2, 0.25) is 0 Å². The maximum Gasteiger partial charge on any atom is 0.143 e. The van der Waals surface area contributed by atoms with Crippen molar-refractivity contribution in [2.75, 3.05) is 4.90 Å². The molecule has 0 unspecified atom stereocenters. The van der Waals surface area contributed by atoms with E-state index in [0.29, 0.717) is 0 Å². The Hall–Kier alpha value is -7.42. The van der Waals surface area contributed by atoms with Crippen LogP contribution in [0.4, 0.5) is 17.1 Å². The van der Waals surface area contributed by atoms with Crippen molar-refractivity contribution in [3.05, 3.63) is 212 Å². The molecule has 2 nitrogen and oxygen atoms in total. The molecule has 0 saturated heterocycles. The molecule has 0 saturated carbocycles. The predicted octanol–water partition coefficient (Wildman–Crippen LogP) is 15.5. The second-order valence-electron chi connectivity index (χ2n) is 14.5. The average Bonchev–Trinajstić information content (AvgIpc) is 3.64. The van der Waals surface area contributed by atoms with Gasteiger partial charge in [-0.25, -0.2) is 0 Å². The minimum atomic E-state index is 0.888. The summed E-state index contributed by atoms with van der Waals surface area (Å²) in [6.45, 7) is 0. The van der Waals surface area contributed by atoms with Crippen LogP contribution in [-0.2, 0) is 0 Å². The number of rotatable bonds is 6. The maximum atomic E-state index is 6.83. The summed E-state index contributed by atoms with van der Waals surface area (Å²) in [6, 6.07) is 76.5. The van der Waals surface area contributed by atoms with Crippen LogP contribution in [0, 0.1) is 0 Å². The lowest BCUT2D eigenvalue weighted by molar-refractivity contribution is 0.670. The summed E-state index contributed by atoms with van der Waals surface area (Å²) in [5.74, 6) is 0. The molecule has 10 aromatic carbocycles. The molecule has 0 aliphatic carbocycles. The summed E-state index contributed by atoms with van der Waals surface area (Å²) in [5, 5.41) is 9.49. The van der Waals surface area contributed by atoms with Gasteiger partial charge in [-0.1, -0.05) is 182 Å². The van der Waals surface area contributed by atoms with Crippen molar-refractivity contribution < 1.29 is 4.42 Å². The smallest absolute Gasteiger partial charge is 0.143 e. The molecule has 2 heteroatoms. The number of para-hydroxylation sites is 3. The van der Waals surface area contributed by atoms with Gasteiger partial charge in [0.05, 0.1) is 17.1 Å². The molecule has 0 radical (unpaired) electrons. The van der Waals surface area contributed by atoms with Crippen molar-refractivity contribution in [1.82, 2.24) is 0 Å². The minimum Gasteiger partial charge on any atom is -0.455 e. The minimum absolute atomic E-state index is 0.888. The van der Waals surface area contributed by atoms with Crippen molar-refractivity contribution in [1.29, 1.82) is 0 Å². The number of hydrogen-bond donors (Lipinski definition) is 0. The van der Waals surface area contributed by atoms with Crippen LogP contribution < -0.4 is 4.90 Å². The lowest BCUT2D eigenvalue weighted by Gasteiger charge is -2.31. The van der Waals surface area contributed by atoms with Crippen LogP contribution in [0.1, 0.15) is 0 Å². The molecule has 0 atom stereocenters. The fraction of sp³-hybridized carbons (Fsp3) is 0. The first-order valence-corrected chi connectivity index (χ1v) is 19.2. The zero-order chi connectivity index (χ0) is 37.0. The zero-order valence-electron chi connectivity index (χ0n) is 30.6. The number of furan rings is 1. The molecule has 11 rings (SSSR count). The number of fused-ring (bicyclic) bond motifs is 7. The van der Waals surface area contributed by atoms with E-state index in [1.54, 1.807) is 0 Å². The van der Waals surface area contributed by atoms with Crippen molar-refractivity contribution in [2.24, 2.45) is 0 Å². The predicted molar refractivity (Wildman–Crippen MR) is 237 cm³/mol. The van der Waals surface area contributed by atoms with Crippen molar-refractivity contribution in [3.8, 4) is 33.4 Å². The number of benzene rings is 10. The Morgan fingerprint density at radius 2 is 0.839 bits per heavy atom. The maximum absolute atomic E-state index is 6.83. The van der Waals surface area contributed by atoms with Gasteiger partial charge in [0.2, 0.25) is 0 Å². The SMILES string of the molecule is c1ccc(-c2ccc(-c3ccccc3N(c3ccccc3-c3cccc4c3oc3cc5ccccc5cc34)c3cccc4c3ccc3ccccc34)cc2)cc1. The third kappa shape index (κ3) is 5.26. The van der Waals surface area contributed by atoms with E-state index in [2.05, 4.69) is 217 Å². The summed E-state index contributed by atoms with van der Waals surface area (Å²) < 4.78 is 6.83. The highest BCUT2D eigenvalue weighted by Gasteiger charge is 2.24. The molecule has 11 aromatic rings. The van der Waals surface area contributed by atoms with E-state index in [-0.39, 0.29) is 0 Å². The van der Waals surface area contributed by atoms with E-state index >= 15 is 0 Å². The average molecular weight is 714 g/mol. The van der Waals surface area contributed by atoms with E-state index in [1.165, 1.54) is 43.4 Å². The van der Waals surface area contributed by atoms with Gasteiger partial charge >= 0.3 is 0 Å². The van der Waals surface area contributed by atoms with E-state index < -0.39 is 0 Å². The van der Waals surface area contributed by atoms with Crippen LogP contribution in [0.15, 0.2) is 217 Å². The monoisotopic (exact) mass is 713 g/mol. The molecule has 1 aromatic heterocycles. The molecular formula is C54H35NO. The highest BCUT2D eigenvalue weighted by atomic mass is 16.3.